The summed E-state index contributed by atoms with van der Waals surface area (Å²) in [7, 11) is 0. The molecule has 2 aliphatic rings. The average Bonchev–Trinajstić information content (AvgIpc) is 3.17. The van der Waals surface area contributed by atoms with Crippen molar-refractivity contribution in [2.24, 2.45) is 5.92 Å². The van der Waals surface area contributed by atoms with Gasteiger partial charge in [0, 0.05) is 31.9 Å². The maximum absolute atomic E-state index is 12.9. The zero-order valence-electron chi connectivity index (χ0n) is 13.8. The van der Waals surface area contributed by atoms with E-state index in [1.165, 1.54) is 17.8 Å². The van der Waals surface area contributed by atoms with Crippen LogP contribution in [0.4, 0.5) is 19.0 Å². The molecule has 25 heavy (non-hydrogen) atoms. The number of benzene rings is 1. The Kier molecular flexibility index (Phi) is 4.15. The molecule has 2 unspecified atom stereocenters. The first kappa shape index (κ1) is 16.4. The van der Waals surface area contributed by atoms with Gasteiger partial charge in [0.2, 0.25) is 0 Å². The Balaban J connectivity index is 1.48. The van der Waals surface area contributed by atoms with Crippen LogP contribution in [0.3, 0.4) is 0 Å². The van der Waals surface area contributed by atoms with Crippen molar-refractivity contribution in [1.29, 1.82) is 0 Å². The number of aromatic nitrogens is 1. The van der Waals surface area contributed by atoms with Gasteiger partial charge in [0.1, 0.15) is 5.82 Å². The molecule has 3 heterocycles. The highest BCUT2D eigenvalue weighted by Crippen LogP contribution is 2.36. The molecular weight excluding hydrogens is 327 g/mol. The first-order chi connectivity index (χ1) is 12.0. The number of fused-ring (bicyclic) bond motifs is 1. The Hall–Kier alpha value is -2.08. The second-order valence-electron chi connectivity index (χ2n) is 6.88. The van der Waals surface area contributed by atoms with E-state index < -0.39 is 11.7 Å². The summed E-state index contributed by atoms with van der Waals surface area (Å²) in [4.78, 5) is 8.63. The van der Waals surface area contributed by atoms with Gasteiger partial charge in [-0.05, 0) is 36.6 Å². The number of nitrogens with zero attached hydrogens (tertiary/aromatic N) is 3. The van der Waals surface area contributed by atoms with Crippen LogP contribution < -0.4 is 4.90 Å². The van der Waals surface area contributed by atoms with Crippen LogP contribution in [0.2, 0.25) is 0 Å². The molecule has 2 atom stereocenters. The van der Waals surface area contributed by atoms with E-state index in [9.17, 15) is 13.2 Å². The minimum atomic E-state index is -4.33. The third kappa shape index (κ3) is 3.35. The summed E-state index contributed by atoms with van der Waals surface area (Å²) in [6, 6.07) is 12.9. The van der Waals surface area contributed by atoms with Crippen LogP contribution in [0, 0.1) is 5.92 Å². The predicted molar refractivity (Wildman–Crippen MR) is 90.2 cm³/mol. The summed E-state index contributed by atoms with van der Waals surface area (Å²) >= 11 is 0. The van der Waals surface area contributed by atoms with Crippen LogP contribution in [-0.4, -0.2) is 35.6 Å². The summed E-state index contributed by atoms with van der Waals surface area (Å²) in [5, 5.41) is 0. The number of hydrogen-bond acceptors (Lipinski definition) is 3. The van der Waals surface area contributed by atoms with Crippen molar-refractivity contribution in [3.8, 4) is 0 Å². The Morgan fingerprint density at radius 3 is 2.64 bits per heavy atom. The lowest BCUT2D eigenvalue weighted by molar-refractivity contribution is -0.137. The van der Waals surface area contributed by atoms with Crippen LogP contribution in [0.5, 0.6) is 0 Å². The molecule has 0 N–H and O–H groups in total. The van der Waals surface area contributed by atoms with Crippen molar-refractivity contribution in [3.63, 3.8) is 0 Å². The van der Waals surface area contributed by atoms with E-state index in [0.717, 1.165) is 38.7 Å². The normalized spacial score (nSPS) is 23.9. The minimum Gasteiger partial charge on any atom is -0.355 e. The zero-order chi connectivity index (χ0) is 17.4. The van der Waals surface area contributed by atoms with Gasteiger partial charge in [0.15, 0.2) is 0 Å². The van der Waals surface area contributed by atoms with Crippen molar-refractivity contribution in [3.05, 3.63) is 59.8 Å². The second kappa shape index (κ2) is 6.33. The number of anilines is 1. The highest BCUT2D eigenvalue weighted by Gasteiger charge is 2.42. The lowest BCUT2D eigenvalue weighted by atomic mass is 10.0. The summed E-state index contributed by atoms with van der Waals surface area (Å²) in [6.45, 7) is 3.47. The molecule has 132 valence electrons. The number of rotatable bonds is 3. The molecule has 6 heteroatoms. The fourth-order valence-corrected chi connectivity index (χ4v) is 4.02. The third-order valence-corrected chi connectivity index (χ3v) is 5.29. The van der Waals surface area contributed by atoms with Crippen LogP contribution in [-0.2, 0) is 12.7 Å². The zero-order valence-corrected chi connectivity index (χ0v) is 13.8. The lowest BCUT2D eigenvalue weighted by Crippen LogP contribution is -2.35. The maximum Gasteiger partial charge on any atom is 0.416 e. The molecule has 1 aromatic carbocycles. The minimum absolute atomic E-state index is 0.386. The Labute approximate surface area is 145 Å². The van der Waals surface area contributed by atoms with Crippen molar-refractivity contribution in [1.82, 2.24) is 9.88 Å². The van der Waals surface area contributed by atoms with E-state index in [1.807, 2.05) is 23.1 Å². The fourth-order valence-electron chi connectivity index (χ4n) is 4.02. The van der Waals surface area contributed by atoms with Gasteiger partial charge < -0.3 is 4.90 Å². The van der Waals surface area contributed by atoms with E-state index in [0.29, 0.717) is 17.8 Å². The molecule has 0 spiro atoms. The predicted octanol–water partition coefficient (Wildman–Crippen LogP) is 3.81. The average molecular weight is 347 g/mol. The van der Waals surface area contributed by atoms with Gasteiger partial charge in [0.05, 0.1) is 5.56 Å². The molecule has 1 aromatic heterocycles. The van der Waals surface area contributed by atoms with Crippen LogP contribution in [0.25, 0.3) is 0 Å². The number of hydrogen-bond donors (Lipinski definition) is 0. The van der Waals surface area contributed by atoms with Gasteiger partial charge in [-0.15, -0.1) is 0 Å². The van der Waals surface area contributed by atoms with Crippen LogP contribution in [0.15, 0.2) is 48.7 Å². The quantitative estimate of drug-likeness (QED) is 0.842. The number of alkyl halides is 3. The van der Waals surface area contributed by atoms with Gasteiger partial charge in [-0.25, -0.2) is 4.98 Å². The molecule has 0 bridgehead atoms. The van der Waals surface area contributed by atoms with E-state index in [1.54, 1.807) is 0 Å². The molecule has 4 rings (SSSR count). The molecule has 2 aliphatic heterocycles. The summed E-state index contributed by atoms with van der Waals surface area (Å²) in [6.07, 6.45) is -1.98. The van der Waals surface area contributed by atoms with E-state index >= 15 is 0 Å². The van der Waals surface area contributed by atoms with Crippen LogP contribution in [0.1, 0.15) is 17.5 Å². The highest BCUT2D eigenvalue weighted by molar-refractivity contribution is 5.44. The van der Waals surface area contributed by atoms with E-state index in [-0.39, 0.29) is 0 Å². The van der Waals surface area contributed by atoms with Crippen molar-refractivity contribution < 1.29 is 13.2 Å². The molecule has 0 radical (unpaired) electrons. The summed E-state index contributed by atoms with van der Waals surface area (Å²) < 4.78 is 38.8. The number of halogens is 3. The highest BCUT2D eigenvalue weighted by atomic mass is 19.4. The largest absolute Gasteiger partial charge is 0.416 e. The smallest absolute Gasteiger partial charge is 0.355 e. The Morgan fingerprint density at radius 2 is 1.88 bits per heavy atom. The summed E-state index contributed by atoms with van der Waals surface area (Å²) in [5.41, 5.74) is 0.648. The number of likely N-dealkylation sites (tertiary alicyclic amines) is 1. The van der Waals surface area contributed by atoms with Gasteiger partial charge in [-0.1, -0.05) is 30.3 Å². The molecule has 0 aliphatic carbocycles. The fraction of sp³-hybridized carbons (Fsp3) is 0.421. The summed E-state index contributed by atoms with van der Waals surface area (Å²) in [5.74, 6) is 0.934. The standard InChI is InChI=1S/C19H20F3N3/c20-19(21,22)16-6-8-23-18(10-16)25-12-15-7-9-24(17(15)13-25)11-14-4-2-1-3-5-14/h1-6,8,10,15,17H,7,9,11-13H2. The number of pyridine rings is 1. The first-order valence-corrected chi connectivity index (χ1v) is 8.57. The maximum atomic E-state index is 12.9. The molecule has 0 amide bonds. The molecular formula is C19H20F3N3. The molecule has 3 nitrogen and oxygen atoms in total. The van der Waals surface area contributed by atoms with Crippen molar-refractivity contribution in [2.75, 3.05) is 24.5 Å². The topological polar surface area (TPSA) is 19.4 Å². The van der Waals surface area contributed by atoms with Crippen LogP contribution >= 0.6 is 0 Å². The van der Waals surface area contributed by atoms with E-state index in [2.05, 4.69) is 22.0 Å². The van der Waals surface area contributed by atoms with Gasteiger partial charge in [-0.3, -0.25) is 4.90 Å². The monoisotopic (exact) mass is 347 g/mol. The van der Waals surface area contributed by atoms with Crippen molar-refractivity contribution >= 4 is 5.82 Å². The van der Waals surface area contributed by atoms with Gasteiger partial charge in [-0.2, -0.15) is 13.2 Å². The first-order valence-electron chi connectivity index (χ1n) is 8.57. The lowest BCUT2D eigenvalue weighted by Gasteiger charge is -2.25. The Bertz CT molecular complexity index is 732. The third-order valence-electron chi connectivity index (χ3n) is 5.29. The second-order valence-corrected chi connectivity index (χ2v) is 6.88. The SMILES string of the molecule is FC(F)(F)c1ccnc(N2CC3CCN(Cc4ccccc4)C3C2)c1. The molecule has 2 fully saturated rings. The van der Waals surface area contributed by atoms with Gasteiger partial charge in [0.25, 0.3) is 0 Å². The molecule has 2 saturated heterocycles. The Morgan fingerprint density at radius 1 is 1.08 bits per heavy atom. The van der Waals surface area contributed by atoms with Crippen molar-refractivity contribution in [2.45, 2.75) is 25.2 Å². The van der Waals surface area contributed by atoms with E-state index in [4.69, 9.17) is 0 Å². The van der Waals surface area contributed by atoms with Gasteiger partial charge >= 0.3 is 6.18 Å². The molecule has 0 saturated carbocycles. The molecule has 2 aromatic rings.